The normalized spacial score (nSPS) is 25.0. The number of alkyl halides is 3. The summed E-state index contributed by atoms with van der Waals surface area (Å²) in [5.41, 5.74) is -0.508. The number of aliphatic hydroxyl groups is 1. The molecule has 0 spiro atoms. The second-order valence-electron chi connectivity index (χ2n) is 5.81. The van der Waals surface area contributed by atoms with Gasteiger partial charge in [0.15, 0.2) is 0 Å². The van der Waals surface area contributed by atoms with Crippen LogP contribution in [-0.2, 0) is 0 Å². The van der Waals surface area contributed by atoms with Crippen LogP contribution in [-0.4, -0.2) is 27.9 Å². The summed E-state index contributed by atoms with van der Waals surface area (Å²) in [4.78, 5) is 12.5. The van der Waals surface area contributed by atoms with Crippen molar-refractivity contribution in [3.63, 3.8) is 0 Å². The van der Waals surface area contributed by atoms with E-state index in [-0.39, 0.29) is 17.6 Å². The summed E-state index contributed by atoms with van der Waals surface area (Å²) < 4.78 is 41.0. The Bertz CT molecular complexity index is 642. The third-order valence-electron chi connectivity index (χ3n) is 4.33. The first-order valence-corrected chi connectivity index (χ1v) is 7.53. The highest BCUT2D eigenvalue weighted by molar-refractivity contribution is 5.95. The number of hydrogen-bond acceptors (Lipinski definition) is 3. The molecule has 1 aromatic rings. The van der Waals surface area contributed by atoms with Gasteiger partial charge in [0.1, 0.15) is 0 Å². The molecule has 0 saturated heterocycles. The molecule has 4 nitrogen and oxygen atoms in total. The van der Waals surface area contributed by atoms with Crippen molar-refractivity contribution in [2.75, 3.05) is 0 Å². The number of rotatable bonds is 1. The van der Waals surface area contributed by atoms with Crippen molar-refractivity contribution in [2.24, 2.45) is 0 Å². The average Bonchev–Trinajstić information content (AvgIpc) is 2.68. The maximum Gasteiger partial charge on any atom is 0.442 e. The quantitative estimate of drug-likeness (QED) is 0.834. The van der Waals surface area contributed by atoms with Crippen LogP contribution in [0.2, 0.25) is 0 Å². The van der Waals surface area contributed by atoms with Gasteiger partial charge in [-0.15, -0.1) is 0 Å². The molecular weight excluding hydrogens is 309 g/mol. The fraction of sp³-hybridized carbons (Fsp3) is 0.438. The molecule has 1 aliphatic carbocycles. The maximum atomic E-state index is 13.7. The number of carbonyl (C=O) groups excluding carboxylic acids is 1. The lowest BCUT2D eigenvalue weighted by Gasteiger charge is -2.36. The third kappa shape index (κ3) is 2.49. The minimum Gasteiger partial charge on any atom is -0.359 e. The van der Waals surface area contributed by atoms with Crippen LogP contribution in [0.4, 0.5) is 13.2 Å². The first-order valence-electron chi connectivity index (χ1n) is 7.53. The van der Waals surface area contributed by atoms with Crippen molar-refractivity contribution in [3.05, 3.63) is 47.2 Å². The van der Waals surface area contributed by atoms with Crippen LogP contribution in [0, 0.1) is 0 Å². The first-order chi connectivity index (χ1) is 10.9. The van der Waals surface area contributed by atoms with Crippen LogP contribution >= 0.6 is 0 Å². The topological polar surface area (TPSA) is 52.6 Å². The maximum absolute atomic E-state index is 13.7. The molecule has 0 fully saturated rings. The Morgan fingerprint density at radius 3 is 2.43 bits per heavy atom. The van der Waals surface area contributed by atoms with Gasteiger partial charge in [-0.1, -0.05) is 24.6 Å². The number of halogens is 3. The van der Waals surface area contributed by atoms with Crippen LogP contribution in [0.5, 0.6) is 0 Å². The molecule has 1 aromatic carbocycles. The van der Waals surface area contributed by atoms with Gasteiger partial charge in [0.05, 0.1) is 0 Å². The van der Waals surface area contributed by atoms with Crippen molar-refractivity contribution in [3.8, 4) is 0 Å². The second kappa shape index (κ2) is 5.56. The van der Waals surface area contributed by atoms with E-state index in [0.717, 1.165) is 12.8 Å². The van der Waals surface area contributed by atoms with Gasteiger partial charge in [0, 0.05) is 16.8 Å². The summed E-state index contributed by atoms with van der Waals surface area (Å²) in [6.07, 6.45) is -2.37. The van der Waals surface area contributed by atoms with Gasteiger partial charge in [0.25, 0.3) is 11.6 Å². The lowest BCUT2D eigenvalue weighted by molar-refractivity contribution is -0.288. The predicted molar refractivity (Wildman–Crippen MR) is 76.9 cm³/mol. The van der Waals surface area contributed by atoms with Gasteiger partial charge in [-0.3, -0.25) is 10.2 Å². The monoisotopic (exact) mass is 326 g/mol. The van der Waals surface area contributed by atoms with E-state index in [0.29, 0.717) is 23.5 Å². The van der Waals surface area contributed by atoms with Gasteiger partial charge in [0.2, 0.25) is 0 Å². The van der Waals surface area contributed by atoms with Crippen LogP contribution < -0.4 is 5.43 Å². The van der Waals surface area contributed by atoms with Crippen molar-refractivity contribution >= 4 is 5.91 Å². The molecule has 23 heavy (non-hydrogen) atoms. The predicted octanol–water partition coefficient (Wildman–Crippen LogP) is 3.12. The Morgan fingerprint density at radius 1 is 1.13 bits per heavy atom. The number of nitrogens with zero attached hydrogens (tertiary/aromatic N) is 1. The molecule has 1 amide bonds. The number of amides is 1. The second-order valence-corrected chi connectivity index (χ2v) is 5.81. The Morgan fingerprint density at radius 2 is 1.78 bits per heavy atom. The fourth-order valence-electron chi connectivity index (χ4n) is 3.15. The number of nitrogens with one attached hydrogen (secondary N) is 1. The molecule has 1 aliphatic heterocycles. The molecule has 0 radical (unpaired) electrons. The number of benzene rings is 1. The van der Waals surface area contributed by atoms with Gasteiger partial charge in [-0.2, -0.15) is 13.2 Å². The summed E-state index contributed by atoms with van der Waals surface area (Å²) in [6, 6.07) is 7.63. The zero-order valence-electron chi connectivity index (χ0n) is 12.4. The Hall–Kier alpha value is -2.02. The van der Waals surface area contributed by atoms with E-state index in [1.807, 2.05) is 0 Å². The highest BCUT2D eigenvalue weighted by Gasteiger charge is 2.65. The van der Waals surface area contributed by atoms with Crippen molar-refractivity contribution < 1.29 is 23.1 Å². The third-order valence-corrected chi connectivity index (χ3v) is 4.33. The summed E-state index contributed by atoms with van der Waals surface area (Å²) >= 11 is 0. The van der Waals surface area contributed by atoms with Crippen LogP contribution in [0.15, 0.2) is 41.6 Å². The summed E-state index contributed by atoms with van der Waals surface area (Å²) in [5, 5.41) is 10.8. The summed E-state index contributed by atoms with van der Waals surface area (Å²) in [6.45, 7) is 0. The highest BCUT2D eigenvalue weighted by atomic mass is 19.4. The lowest BCUT2D eigenvalue weighted by atomic mass is 9.96. The molecule has 2 N–H and O–H groups in total. The molecule has 0 aromatic heterocycles. The fourth-order valence-corrected chi connectivity index (χ4v) is 3.15. The molecule has 3 rings (SSSR count). The van der Waals surface area contributed by atoms with E-state index in [1.165, 1.54) is 12.1 Å². The van der Waals surface area contributed by atoms with Crippen molar-refractivity contribution in [1.82, 2.24) is 10.4 Å². The molecular formula is C16H17F3N2O2. The Balaban J connectivity index is 2.03. The summed E-state index contributed by atoms with van der Waals surface area (Å²) in [5.74, 6) is -0.904. The molecule has 0 saturated carbocycles. The molecule has 124 valence electrons. The molecule has 1 unspecified atom stereocenters. The zero-order chi connectivity index (χ0) is 16.7. The zero-order valence-corrected chi connectivity index (χ0v) is 12.4. The van der Waals surface area contributed by atoms with Crippen LogP contribution in [0.1, 0.15) is 42.5 Å². The molecule has 1 heterocycles. The number of allylic oxidation sites excluding steroid dienone is 1. The van der Waals surface area contributed by atoms with Crippen molar-refractivity contribution in [2.45, 2.75) is 44.0 Å². The van der Waals surface area contributed by atoms with E-state index in [1.54, 1.807) is 18.2 Å². The minimum atomic E-state index is -4.98. The van der Waals surface area contributed by atoms with Crippen molar-refractivity contribution in [1.29, 1.82) is 0 Å². The van der Waals surface area contributed by atoms with Crippen LogP contribution in [0.3, 0.4) is 0 Å². The molecule has 2 aliphatic rings. The van der Waals surface area contributed by atoms with Crippen LogP contribution in [0.25, 0.3) is 0 Å². The minimum absolute atomic E-state index is 0.0836. The first kappa shape index (κ1) is 15.9. The van der Waals surface area contributed by atoms with E-state index < -0.39 is 17.8 Å². The Kier molecular flexibility index (Phi) is 3.83. The molecule has 7 heteroatoms. The van der Waals surface area contributed by atoms with Gasteiger partial charge in [-0.25, -0.2) is 5.01 Å². The summed E-state index contributed by atoms with van der Waals surface area (Å²) in [7, 11) is 0. The Labute approximate surface area is 131 Å². The van der Waals surface area contributed by atoms with E-state index >= 15 is 0 Å². The average molecular weight is 326 g/mol. The smallest absolute Gasteiger partial charge is 0.359 e. The van der Waals surface area contributed by atoms with Gasteiger partial charge in [-0.05, 0) is 37.8 Å². The number of carbonyl (C=O) groups is 1. The lowest BCUT2D eigenvalue weighted by Crippen LogP contribution is -2.62. The van der Waals surface area contributed by atoms with Gasteiger partial charge < -0.3 is 5.11 Å². The standard InChI is InChI=1S/C16H17F3N2O2/c17-16(18,19)15(23)12-9-5-2-6-10-13(12)20-21(15)14(22)11-7-3-1-4-8-11/h1,3-4,7-8,20,23H,2,5-6,9-10H2. The molecule has 1 atom stereocenters. The number of hydrazine groups is 1. The van der Waals surface area contributed by atoms with E-state index in [4.69, 9.17) is 0 Å². The van der Waals surface area contributed by atoms with Gasteiger partial charge >= 0.3 is 6.18 Å². The van der Waals surface area contributed by atoms with E-state index in [9.17, 15) is 23.1 Å². The molecule has 0 bridgehead atoms. The highest BCUT2D eigenvalue weighted by Crippen LogP contribution is 2.47. The largest absolute Gasteiger partial charge is 0.442 e. The number of hydrogen-bond donors (Lipinski definition) is 2. The SMILES string of the molecule is O=C(c1ccccc1)N1NC2=C(CCCCC2)C1(O)C(F)(F)F. The van der Waals surface area contributed by atoms with E-state index in [2.05, 4.69) is 5.43 Å².